The van der Waals surface area contributed by atoms with E-state index in [4.69, 9.17) is 28.3 Å². The van der Waals surface area contributed by atoms with Crippen LogP contribution in [0.2, 0.25) is 10.0 Å². The topological polar surface area (TPSA) is 66.4 Å². The molecule has 0 aliphatic heterocycles. The second-order valence-electron chi connectivity index (χ2n) is 5.14. The van der Waals surface area contributed by atoms with Gasteiger partial charge in [0.15, 0.2) is 0 Å². The highest BCUT2D eigenvalue weighted by molar-refractivity contribution is 6.35. The molecule has 3 unspecified atom stereocenters. The van der Waals surface area contributed by atoms with Crippen molar-refractivity contribution in [2.75, 3.05) is 0 Å². The third-order valence-electron chi connectivity index (χ3n) is 3.37. The second kappa shape index (κ2) is 6.02. The molecule has 1 fully saturated rings. The number of amides is 1. The molecular formula is C14H15Cl2NO3. The number of nitrogens with one attached hydrogen (secondary N) is 1. The predicted octanol–water partition coefficient (Wildman–Crippen LogP) is 2.76. The Morgan fingerprint density at radius 3 is 2.65 bits per heavy atom. The van der Waals surface area contributed by atoms with E-state index >= 15 is 0 Å². The molecule has 2 N–H and O–H groups in total. The van der Waals surface area contributed by atoms with E-state index in [2.05, 4.69) is 5.32 Å². The fourth-order valence-electron chi connectivity index (χ4n) is 2.18. The second-order valence-corrected chi connectivity index (χ2v) is 5.98. The van der Waals surface area contributed by atoms with Crippen LogP contribution in [-0.2, 0) is 16.0 Å². The minimum absolute atomic E-state index is 0.115. The standard InChI is InChI=1S/C14H15Cl2NO3/c1-7(4-8-2-3-9(15)5-12(8)16)17-13(18)10-6-11(10)14(19)20/h2-3,5,7,10-11H,4,6H2,1H3,(H,17,18)(H,19,20). The van der Waals surface area contributed by atoms with Crippen molar-refractivity contribution in [2.24, 2.45) is 11.8 Å². The maximum absolute atomic E-state index is 11.8. The summed E-state index contributed by atoms with van der Waals surface area (Å²) in [6.45, 7) is 1.86. The first-order valence-corrected chi connectivity index (χ1v) is 7.11. The number of carboxylic acids is 1. The van der Waals surface area contributed by atoms with Crippen molar-refractivity contribution < 1.29 is 14.7 Å². The van der Waals surface area contributed by atoms with Crippen molar-refractivity contribution in [1.29, 1.82) is 0 Å². The van der Waals surface area contributed by atoms with E-state index in [1.165, 1.54) is 0 Å². The molecule has 1 aliphatic rings. The fourth-order valence-corrected chi connectivity index (χ4v) is 2.66. The zero-order valence-corrected chi connectivity index (χ0v) is 12.4. The Hall–Kier alpha value is -1.26. The molecule has 0 heterocycles. The smallest absolute Gasteiger partial charge is 0.307 e. The van der Waals surface area contributed by atoms with Crippen LogP contribution in [0, 0.1) is 11.8 Å². The van der Waals surface area contributed by atoms with Crippen molar-refractivity contribution in [3.05, 3.63) is 33.8 Å². The van der Waals surface area contributed by atoms with Crippen LogP contribution in [0.4, 0.5) is 0 Å². The summed E-state index contributed by atoms with van der Waals surface area (Å²) in [6, 6.07) is 5.12. The van der Waals surface area contributed by atoms with E-state index in [0.717, 1.165) is 5.56 Å². The van der Waals surface area contributed by atoms with Crippen LogP contribution in [0.5, 0.6) is 0 Å². The summed E-state index contributed by atoms with van der Waals surface area (Å²) >= 11 is 11.9. The molecule has 0 aromatic heterocycles. The molecule has 2 rings (SSSR count). The number of aliphatic carboxylic acids is 1. The monoisotopic (exact) mass is 315 g/mol. The molecule has 1 aliphatic carbocycles. The number of halogens is 2. The quantitative estimate of drug-likeness (QED) is 0.878. The Balaban J connectivity index is 1.88. The minimum atomic E-state index is -0.904. The lowest BCUT2D eigenvalue weighted by Crippen LogP contribution is -2.35. The van der Waals surface area contributed by atoms with E-state index < -0.39 is 17.8 Å². The Morgan fingerprint density at radius 2 is 2.10 bits per heavy atom. The van der Waals surface area contributed by atoms with Gasteiger partial charge in [-0.05, 0) is 37.5 Å². The lowest BCUT2D eigenvalue weighted by molar-refractivity contribution is -0.140. The third-order valence-corrected chi connectivity index (χ3v) is 3.96. The van der Waals surface area contributed by atoms with E-state index in [9.17, 15) is 9.59 Å². The van der Waals surface area contributed by atoms with E-state index in [1.807, 2.05) is 13.0 Å². The molecule has 20 heavy (non-hydrogen) atoms. The van der Waals surface area contributed by atoms with Gasteiger partial charge in [0.2, 0.25) is 5.91 Å². The van der Waals surface area contributed by atoms with E-state index in [0.29, 0.717) is 22.9 Å². The van der Waals surface area contributed by atoms with Crippen LogP contribution in [0.15, 0.2) is 18.2 Å². The summed E-state index contributed by atoms with van der Waals surface area (Å²) in [6.07, 6.45) is 1.00. The first kappa shape index (κ1) is 15.1. The maximum Gasteiger partial charge on any atom is 0.307 e. The molecule has 0 spiro atoms. The summed E-state index contributed by atoms with van der Waals surface area (Å²) in [5.74, 6) is -2.02. The summed E-state index contributed by atoms with van der Waals surface area (Å²) in [5.41, 5.74) is 0.898. The minimum Gasteiger partial charge on any atom is -0.481 e. The van der Waals surface area contributed by atoms with Gasteiger partial charge in [-0.3, -0.25) is 9.59 Å². The normalized spacial score (nSPS) is 22.1. The zero-order valence-electron chi connectivity index (χ0n) is 10.9. The average Bonchev–Trinajstić information content (AvgIpc) is 3.13. The van der Waals surface area contributed by atoms with Crippen LogP contribution < -0.4 is 5.32 Å². The summed E-state index contributed by atoms with van der Waals surface area (Å²) in [4.78, 5) is 22.6. The molecule has 1 aromatic carbocycles. The molecule has 1 amide bonds. The van der Waals surface area contributed by atoms with Gasteiger partial charge in [-0.15, -0.1) is 0 Å². The van der Waals surface area contributed by atoms with Crippen molar-refractivity contribution in [1.82, 2.24) is 5.32 Å². The highest BCUT2D eigenvalue weighted by atomic mass is 35.5. The highest BCUT2D eigenvalue weighted by Crippen LogP contribution is 2.38. The number of carboxylic acid groups (broad SMARTS) is 1. The van der Waals surface area contributed by atoms with Crippen molar-refractivity contribution in [3.63, 3.8) is 0 Å². The zero-order chi connectivity index (χ0) is 14.9. The van der Waals surface area contributed by atoms with Crippen LogP contribution in [-0.4, -0.2) is 23.0 Å². The van der Waals surface area contributed by atoms with Gasteiger partial charge in [0, 0.05) is 16.1 Å². The number of rotatable bonds is 5. The Labute approximate surface area is 127 Å². The van der Waals surface area contributed by atoms with Gasteiger partial charge in [-0.2, -0.15) is 0 Å². The number of carbonyl (C=O) groups is 2. The van der Waals surface area contributed by atoms with Gasteiger partial charge in [0.25, 0.3) is 0 Å². The van der Waals surface area contributed by atoms with Gasteiger partial charge < -0.3 is 10.4 Å². The Kier molecular flexibility index (Phi) is 4.55. The van der Waals surface area contributed by atoms with E-state index in [1.54, 1.807) is 12.1 Å². The highest BCUT2D eigenvalue weighted by Gasteiger charge is 2.48. The van der Waals surface area contributed by atoms with Gasteiger partial charge in [0.05, 0.1) is 11.8 Å². The number of hydrogen-bond acceptors (Lipinski definition) is 2. The number of benzene rings is 1. The first-order chi connectivity index (χ1) is 9.38. The van der Waals surface area contributed by atoms with Crippen LogP contribution in [0.25, 0.3) is 0 Å². The summed E-state index contributed by atoms with van der Waals surface area (Å²) in [7, 11) is 0. The molecule has 0 saturated heterocycles. The SMILES string of the molecule is CC(Cc1ccc(Cl)cc1Cl)NC(=O)C1CC1C(=O)O. The molecule has 0 bridgehead atoms. The molecule has 6 heteroatoms. The van der Waals surface area contributed by atoms with Crippen molar-refractivity contribution in [2.45, 2.75) is 25.8 Å². The van der Waals surface area contributed by atoms with Crippen LogP contribution >= 0.6 is 23.2 Å². The molecule has 1 aromatic rings. The van der Waals surface area contributed by atoms with Crippen molar-refractivity contribution in [3.8, 4) is 0 Å². The number of hydrogen-bond donors (Lipinski definition) is 2. The van der Waals surface area contributed by atoms with Gasteiger partial charge in [-0.25, -0.2) is 0 Å². The maximum atomic E-state index is 11.8. The first-order valence-electron chi connectivity index (χ1n) is 6.35. The van der Waals surface area contributed by atoms with Gasteiger partial charge >= 0.3 is 5.97 Å². The van der Waals surface area contributed by atoms with Gasteiger partial charge in [0.1, 0.15) is 0 Å². The molecule has 108 valence electrons. The molecule has 3 atom stereocenters. The van der Waals surface area contributed by atoms with Crippen LogP contribution in [0.1, 0.15) is 18.9 Å². The molecule has 4 nitrogen and oxygen atoms in total. The predicted molar refractivity (Wildman–Crippen MR) is 77.0 cm³/mol. The van der Waals surface area contributed by atoms with Gasteiger partial charge in [-0.1, -0.05) is 29.3 Å². The fraction of sp³-hybridized carbons (Fsp3) is 0.429. The molecular weight excluding hydrogens is 301 g/mol. The largest absolute Gasteiger partial charge is 0.481 e. The lowest BCUT2D eigenvalue weighted by Gasteiger charge is -2.15. The van der Waals surface area contributed by atoms with Crippen molar-refractivity contribution >= 4 is 35.1 Å². The average molecular weight is 316 g/mol. The summed E-state index contributed by atoms with van der Waals surface area (Å²) < 4.78 is 0. The molecule has 0 radical (unpaired) electrons. The van der Waals surface area contributed by atoms with Crippen LogP contribution in [0.3, 0.4) is 0 Å². The Morgan fingerprint density at radius 1 is 1.40 bits per heavy atom. The van der Waals surface area contributed by atoms with E-state index in [-0.39, 0.29) is 11.9 Å². The summed E-state index contributed by atoms with van der Waals surface area (Å²) in [5, 5.41) is 12.7. The third kappa shape index (κ3) is 3.64. The molecule has 1 saturated carbocycles. The lowest BCUT2D eigenvalue weighted by atomic mass is 10.1. The Bertz CT molecular complexity index is 547. The number of carbonyl (C=O) groups excluding carboxylic acids is 1.